The molecule has 1 aromatic rings. The lowest BCUT2D eigenvalue weighted by atomic mass is 9.81. The summed E-state index contributed by atoms with van der Waals surface area (Å²) in [6.45, 7) is 4.09. The molecule has 5 heteroatoms. The molecule has 0 saturated heterocycles. The molecule has 2 rings (SSSR count). The van der Waals surface area contributed by atoms with E-state index in [2.05, 4.69) is 16.6 Å². The van der Waals surface area contributed by atoms with Gasteiger partial charge >= 0.3 is 0 Å². The minimum atomic E-state index is -3.46. The van der Waals surface area contributed by atoms with E-state index in [9.17, 15) is 8.42 Å². The molecule has 114 valence electrons. The first kappa shape index (κ1) is 16.0. The van der Waals surface area contributed by atoms with Crippen molar-refractivity contribution in [2.45, 2.75) is 44.0 Å². The molecule has 4 nitrogen and oxygen atoms in total. The first-order valence-corrected chi connectivity index (χ1v) is 8.74. The monoisotopic (exact) mass is 306 g/mol. The Morgan fingerprint density at radius 1 is 1.43 bits per heavy atom. The molecule has 0 aromatic heterocycles. The van der Waals surface area contributed by atoms with Crippen LogP contribution in [0, 0.1) is 24.7 Å². The molecule has 0 amide bonds. The van der Waals surface area contributed by atoms with Crippen molar-refractivity contribution < 1.29 is 8.42 Å². The summed E-state index contributed by atoms with van der Waals surface area (Å²) in [6, 6.07) is 4.99. The predicted molar refractivity (Wildman–Crippen MR) is 84.2 cm³/mol. The van der Waals surface area contributed by atoms with Crippen molar-refractivity contribution >= 4 is 10.0 Å². The van der Waals surface area contributed by atoms with Crippen LogP contribution in [-0.2, 0) is 10.0 Å². The summed E-state index contributed by atoms with van der Waals surface area (Å²) in [7, 11) is -3.46. The highest BCUT2D eigenvalue weighted by Crippen LogP contribution is 2.30. The van der Waals surface area contributed by atoms with E-state index < -0.39 is 10.0 Å². The lowest BCUT2D eigenvalue weighted by Gasteiger charge is -2.31. The number of aryl methyl sites for hydroxylation is 1. The van der Waals surface area contributed by atoms with Crippen LogP contribution in [0.25, 0.3) is 0 Å². The second-order valence-electron chi connectivity index (χ2n) is 5.58. The lowest BCUT2D eigenvalue weighted by Crippen LogP contribution is -2.40. The van der Waals surface area contributed by atoms with E-state index in [0.29, 0.717) is 17.4 Å². The quantitative estimate of drug-likeness (QED) is 0.833. The zero-order valence-electron chi connectivity index (χ0n) is 12.5. The fourth-order valence-electron chi connectivity index (χ4n) is 2.44. The molecular weight excluding hydrogens is 284 g/mol. The van der Waals surface area contributed by atoms with Crippen LogP contribution in [0.15, 0.2) is 23.1 Å². The molecule has 1 aliphatic carbocycles. The molecule has 1 fully saturated rings. The molecule has 0 heterocycles. The highest BCUT2D eigenvalue weighted by Gasteiger charge is 2.27. The molecule has 0 aliphatic heterocycles. The van der Waals surface area contributed by atoms with Crippen LogP contribution in [0.1, 0.15) is 37.3 Å². The number of nitrogens with two attached hydrogens (primary N) is 1. The molecule has 0 spiro atoms. The largest absolute Gasteiger partial charge is 0.320 e. The number of benzene rings is 1. The van der Waals surface area contributed by atoms with Gasteiger partial charge in [-0.1, -0.05) is 18.3 Å². The molecule has 1 aromatic carbocycles. The van der Waals surface area contributed by atoms with E-state index >= 15 is 0 Å². The standard InChI is InChI=1S/C16H22N2O2S/c1-12-11-16(9-8-14(12)7-4-10-17)21(19,20)18-13(2)15-5-3-6-15/h8-9,11,13,15,18H,3,5-6,10,17H2,1-2H3. The molecule has 1 unspecified atom stereocenters. The summed E-state index contributed by atoms with van der Waals surface area (Å²) in [5.74, 6) is 6.19. The molecule has 1 aliphatic rings. The fraction of sp³-hybridized carbons (Fsp3) is 0.500. The van der Waals surface area contributed by atoms with Crippen LogP contribution in [0.3, 0.4) is 0 Å². The minimum absolute atomic E-state index is 0.0132. The van der Waals surface area contributed by atoms with Crippen molar-refractivity contribution in [1.82, 2.24) is 4.72 Å². The van der Waals surface area contributed by atoms with E-state index in [4.69, 9.17) is 5.73 Å². The Morgan fingerprint density at radius 2 is 2.14 bits per heavy atom. The Balaban J connectivity index is 2.18. The minimum Gasteiger partial charge on any atom is -0.320 e. The highest BCUT2D eigenvalue weighted by molar-refractivity contribution is 7.89. The van der Waals surface area contributed by atoms with Gasteiger partial charge in [-0.05, 0) is 56.4 Å². The van der Waals surface area contributed by atoms with Gasteiger partial charge in [0.1, 0.15) is 0 Å². The smallest absolute Gasteiger partial charge is 0.240 e. The van der Waals surface area contributed by atoms with Gasteiger partial charge in [0.2, 0.25) is 10.0 Å². The number of sulfonamides is 1. The average molecular weight is 306 g/mol. The van der Waals surface area contributed by atoms with Crippen LogP contribution in [0.4, 0.5) is 0 Å². The second-order valence-corrected chi connectivity index (χ2v) is 7.30. The second kappa shape index (κ2) is 6.61. The summed E-state index contributed by atoms with van der Waals surface area (Å²) >= 11 is 0. The van der Waals surface area contributed by atoms with E-state index in [1.54, 1.807) is 18.2 Å². The Labute approximate surface area is 127 Å². The SMILES string of the molecule is Cc1cc(S(=O)(=O)NC(C)C2CCC2)ccc1C#CCN. The van der Waals surface area contributed by atoms with Gasteiger partial charge in [-0.25, -0.2) is 13.1 Å². The first-order chi connectivity index (χ1) is 9.94. The summed E-state index contributed by atoms with van der Waals surface area (Å²) in [6.07, 6.45) is 3.41. The van der Waals surface area contributed by atoms with Crippen LogP contribution in [0.5, 0.6) is 0 Å². The Hall–Kier alpha value is -1.35. The lowest BCUT2D eigenvalue weighted by molar-refractivity contribution is 0.260. The maximum Gasteiger partial charge on any atom is 0.240 e. The molecule has 0 bridgehead atoms. The maximum absolute atomic E-state index is 12.4. The summed E-state index contributed by atoms with van der Waals surface area (Å²) < 4.78 is 27.6. The van der Waals surface area contributed by atoms with Gasteiger partial charge in [0.25, 0.3) is 0 Å². The average Bonchev–Trinajstić information content (AvgIpc) is 2.34. The zero-order valence-corrected chi connectivity index (χ0v) is 13.3. The topological polar surface area (TPSA) is 72.2 Å². The van der Waals surface area contributed by atoms with Gasteiger partial charge < -0.3 is 5.73 Å². The number of hydrogen-bond donors (Lipinski definition) is 2. The van der Waals surface area contributed by atoms with Gasteiger partial charge in [0.05, 0.1) is 11.4 Å². The van der Waals surface area contributed by atoms with E-state index in [-0.39, 0.29) is 6.04 Å². The van der Waals surface area contributed by atoms with Gasteiger partial charge in [0.15, 0.2) is 0 Å². The zero-order chi connectivity index (χ0) is 15.5. The van der Waals surface area contributed by atoms with E-state index in [1.807, 2.05) is 13.8 Å². The van der Waals surface area contributed by atoms with Crippen molar-refractivity contribution in [3.8, 4) is 11.8 Å². The van der Waals surface area contributed by atoms with Crippen LogP contribution < -0.4 is 10.5 Å². The van der Waals surface area contributed by atoms with Gasteiger partial charge in [0, 0.05) is 11.6 Å². The van der Waals surface area contributed by atoms with Gasteiger partial charge in [-0.15, -0.1) is 0 Å². The van der Waals surface area contributed by atoms with Gasteiger partial charge in [-0.2, -0.15) is 0 Å². The third kappa shape index (κ3) is 3.85. The molecule has 1 saturated carbocycles. The summed E-state index contributed by atoms with van der Waals surface area (Å²) in [4.78, 5) is 0.296. The molecule has 1 atom stereocenters. The predicted octanol–water partition coefficient (Wildman–Crippen LogP) is 1.77. The Morgan fingerprint density at radius 3 is 2.67 bits per heavy atom. The number of hydrogen-bond acceptors (Lipinski definition) is 3. The molecule has 3 N–H and O–H groups in total. The van der Waals surface area contributed by atoms with Crippen LogP contribution >= 0.6 is 0 Å². The van der Waals surface area contributed by atoms with Crippen molar-refractivity contribution in [3.63, 3.8) is 0 Å². The van der Waals surface area contributed by atoms with Crippen molar-refractivity contribution in [1.29, 1.82) is 0 Å². The maximum atomic E-state index is 12.4. The van der Waals surface area contributed by atoms with Crippen LogP contribution in [0.2, 0.25) is 0 Å². The van der Waals surface area contributed by atoms with Crippen molar-refractivity contribution in [2.24, 2.45) is 11.7 Å². The Bertz CT molecular complexity index is 667. The summed E-state index contributed by atoms with van der Waals surface area (Å²) in [5, 5.41) is 0. The molecular formula is C16H22N2O2S. The van der Waals surface area contributed by atoms with Gasteiger partial charge in [-0.3, -0.25) is 0 Å². The van der Waals surface area contributed by atoms with Crippen molar-refractivity contribution in [2.75, 3.05) is 6.54 Å². The fourth-order valence-corrected chi connectivity index (χ4v) is 3.84. The molecule has 21 heavy (non-hydrogen) atoms. The first-order valence-electron chi connectivity index (χ1n) is 7.26. The van der Waals surface area contributed by atoms with E-state index in [0.717, 1.165) is 24.0 Å². The summed E-state index contributed by atoms with van der Waals surface area (Å²) in [5.41, 5.74) is 7.00. The van der Waals surface area contributed by atoms with Crippen molar-refractivity contribution in [3.05, 3.63) is 29.3 Å². The van der Waals surface area contributed by atoms with E-state index in [1.165, 1.54) is 6.42 Å². The van der Waals surface area contributed by atoms with Crippen LogP contribution in [-0.4, -0.2) is 21.0 Å². The normalized spacial score (nSPS) is 16.7. The third-order valence-electron chi connectivity index (χ3n) is 4.03. The Kier molecular flexibility index (Phi) is 5.04. The number of nitrogens with one attached hydrogen (secondary N) is 1. The highest BCUT2D eigenvalue weighted by atomic mass is 32.2. The third-order valence-corrected chi connectivity index (χ3v) is 5.59. The molecule has 0 radical (unpaired) electrons. The number of rotatable bonds is 4.